The van der Waals surface area contributed by atoms with Gasteiger partial charge in [-0.15, -0.1) is 0 Å². The summed E-state index contributed by atoms with van der Waals surface area (Å²) in [6.07, 6.45) is 8.44. The minimum atomic E-state index is -3.26. The van der Waals surface area contributed by atoms with Crippen LogP contribution >= 0.6 is 0 Å². The van der Waals surface area contributed by atoms with E-state index in [0.29, 0.717) is 34.9 Å². The molecule has 30 heavy (non-hydrogen) atoms. The molecule has 1 aromatic carbocycles. The maximum atomic E-state index is 13.5. The molecule has 1 amide bonds. The van der Waals surface area contributed by atoms with Crippen molar-refractivity contribution >= 4 is 21.5 Å². The molecule has 1 aliphatic heterocycles. The Morgan fingerprint density at radius 3 is 2.63 bits per heavy atom. The number of benzene rings is 1. The van der Waals surface area contributed by atoms with Gasteiger partial charge in [-0.2, -0.15) is 0 Å². The summed E-state index contributed by atoms with van der Waals surface area (Å²) in [4.78, 5) is 13.3. The quantitative estimate of drug-likeness (QED) is 0.668. The Kier molecular flexibility index (Phi) is 5.67. The molecule has 1 aliphatic carbocycles. The Balaban J connectivity index is 1.62. The summed E-state index contributed by atoms with van der Waals surface area (Å²) < 4.78 is 53.1. The van der Waals surface area contributed by atoms with E-state index in [1.165, 1.54) is 12.5 Å². The molecule has 2 aliphatic rings. The third-order valence-electron chi connectivity index (χ3n) is 6.19. The zero-order valence-corrected chi connectivity index (χ0v) is 17.7. The lowest BCUT2D eigenvalue weighted by atomic mass is 9.82. The number of aromatic nitrogens is 1. The number of anilines is 1. The van der Waals surface area contributed by atoms with Crippen molar-refractivity contribution in [2.45, 2.75) is 55.9 Å². The van der Waals surface area contributed by atoms with Crippen molar-refractivity contribution in [3.8, 4) is 0 Å². The number of amides is 1. The van der Waals surface area contributed by atoms with E-state index in [4.69, 9.17) is 4.78 Å². The fourth-order valence-electron chi connectivity index (χ4n) is 4.70. The molecule has 2 aromatic rings. The van der Waals surface area contributed by atoms with E-state index >= 15 is 0 Å². The van der Waals surface area contributed by atoms with Gasteiger partial charge in [0.2, 0.25) is 0 Å². The van der Waals surface area contributed by atoms with E-state index in [0.717, 1.165) is 37.8 Å². The number of hydrogen-bond acceptors (Lipinski definition) is 3. The van der Waals surface area contributed by atoms with Gasteiger partial charge in [0.15, 0.2) is 11.6 Å². The minimum absolute atomic E-state index is 0.0184. The molecule has 2 heterocycles. The first-order valence-electron chi connectivity index (χ1n) is 10.3. The van der Waals surface area contributed by atoms with E-state index in [2.05, 4.69) is 10.0 Å². The van der Waals surface area contributed by atoms with Crippen LogP contribution in [0, 0.1) is 22.3 Å². The maximum Gasteiger partial charge on any atom is 0.272 e. The summed E-state index contributed by atoms with van der Waals surface area (Å²) in [6, 6.07) is 3.14. The van der Waals surface area contributed by atoms with E-state index in [9.17, 15) is 17.8 Å². The van der Waals surface area contributed by atoms with Gasteiger partial charge in [-0.25, -0.2) is 22.5 Å². The fourth-order valence-corrected chi connectivity index (χ4v) is 6.42. The summed E-state index contributed by atoms with van der Waals surface area (Å²) in [6.45, 7) is 0. The van der Waals surface area contributed by atoms with Crippen LogP contribution in [0.3, 0.4) is 0 Å². The number of nitrogens with one attached hydrogen (secondary N) is 3. The van der Waals surface area contributed by atoms with Crippen LogP contribution in [0.2, 0.25) is 0 Å². The third kappa shape index (κ3) is 4.00. The van der Waals surface area contributed by atoms with Crippen molar-refractivity contribution in [1.82, 2.24) is 9.29 Å². The average molecular weight is 437 g/mol. The topological polar surface area (TPSA) is 87.0 Å². The van der Waals surface area contributed by atoms with E-state index in [-0.39, 0.29) is 11.7 Å². The molecular formula is C21H26F2N4O2S. The van der Waals surface area contributed by atoms with Crippen LogP contribution in [-0.2, 0) is 23.4 Å². The van der Waals surface area contributed by atoms with Gasteiger partial charge in [0, 0.05) is 36.6 Å². The monoisotopic (exact) mass is 436 g/mol. The average Bonchev–Trinajstić information content (AvgIpc) is 2.99. The second-order valence-electron chi connectivity index (χ2n) is 8.23. The van der Waals surface area contributed by atoms with Gasteiger partial charge in [-0.1, -0.05) is 19.3 Å². The van der Waals surface area contributed by atoms with E-state index in [1.54, 1.807) is 17.8 Å². The molecule has 0 bridgehead atoms. The Labute approximate surface area is 175 Å². The molecule has 1 saturated carbocycles. The number of halogens is 2. The fraction of sp³-hybridized carbons (Fsp3) is 0.476. The molecule has 0 saturated heterocycles. The van der Waals surface area contributed by atoms with E-state index < -0.39 is 27.5 Å². The van der Waals surface area contributed by atoms with Crippen LogP contribution in [0.4, 0.5) is 14.5 Å². The van der Waals surface area contributed by atoms with Crippen LogP contribution in [0.5, 0.6) is 0 Å². The van der Waals surface area contributed by atoms with Crippen LogP contribution in [0.1, 0.15) is 54.6 Å². The highest BCUT2D eigenvalue weighted by Crippen LogP contribution is 2.34. The third-order valence-corrected chi connectivity index (χ3v) is 7.80. The lowest BCUT2D eigenvalue weighted by Crippen LogP contribution is -2.39. The smallest absolute Gasteiger partial charge is 0.272 e. The Bertz CT molecular complexity index is 1070. The molecule has 0 spiro atoms. The maximum absolute atomic E-state index is 13.5. The van der Waals surface area contributed by atoms with Gasteiger partial charge in [0.25, 0.3) is 5.91 Å². The molecule has 3 N–H and O–H groups in total. The summed E-state index contributed by atoms with van der Waals surface area (Å²) in [5.74, 6) is -2.15. The number of aryl methyl sites for hydroxylation is 1. The zero-order chi connectivity index (χ0) is 21.5. The number of carbonyl (C=O) groups is 1. The van der Waals surface area contributed by atoms with Gasteiger partial charge in [0.1, 0.15) is 15.6 Å². The highest BCUT2D eigenvalue weighted by atomic mass is 32.2. The Morgan fingerprint density at radius 2 is 1.93 bits per heavy atom. The number of rotatable bonds is 3. The normalized spacial score (nSPS) is 24.8. The van der Waals surface area contributed by atoms with Gasteiger partial charge in [-0.05, 0) is 43.7 Å². The second-order valence-corrected chi connectivity index (χ2v) is 10.0. The van der Waals surface area contributed by atoms with E-state index in [1.807, 2.05) is 0 Å². The van der Waals surface area contributed by atoms with Crippen molar-refractivity contribution < 1.29 is 17.8 Å². The highest BCUT2D eigenvalue weighted by molar-refractivity contribution is 7.90. The molecule has 1 fully saturated rings. The lowest BCUT2D eigenvalue weighted by Gasteiger charge is -2.30. The van der Waals surface area contributed by atoms with Crippen molar-refractivity contribution in [2.75, 3.05) is 5.32 Å². The molecule has 6 nitrogen and oxygen atoms in total. The number of nitrogens with zero attached hydrogens (tertiary/aromatic N) is 1. The van der Waals surface area contributed by atoms with Crippen LogP contribution < -0.4 is 10.0 Å². The van der Waals surface area contributed by atoms with Crippen LogP contribution in [0.25, 0.3) is 0 Å². The molecule has 0 radical (unpaired) electrons. The molecule has 1 aromatic heterocycles. The van der Waals surface area contributed by atoms with Crippen LogP contribution in [0.15, 0.2) is 29.3 Å². The predicted molar refractivity (Wildman–Crippen MR) is 111 cm³/mol. The SMILES string of the molecule is Cn1cc2c(c1C(=O)Nc1ccc(F)c(F)c1)CC[C@H](C1CCCCC1)NS2(=N)=O. The minimum Gasteiger partial charge on any atom is -0.345 e. The van der Waals surface area contributed by atoms with Crippen molar-refractivity contribution in [1.29, 1.82) is 4.78 Å². The van der Waals surface area contributed by atoms with Gasteiger partial charge < -0.3 is 9.88 Å². The standard InChI is InChI=1S/C21H26F2N4O2S/c1-27-12-19-15(20(27)21(28)25-14-7-9-16(22)17(23)11-14)8-10-18(26-30(19,24)29)13-5-3-2-4-6-13/h7,9,11-13,18H,2-6,8,10H2,1H3,(H,25,28)(H2,24,26,29)/t18-,30?/m1/s1. The first-order chi connectivity index (χ1) is 14.3. The largest absolute Gasteiger partial charge is 0.345 e. The van der Waals surface area contributed by atoms with Gasteiger partial charge in [-0.3, -0.25) is 4.79 Å². The molecule has 1 unspecified atom stereocenters. The number of hydrogen-bond donors (Lipinski definition) is 3. The summed E-state index contributed by atoms with van der Waals surface area (Å²) >= 11 is 0. The van der Waals surface area contributed by atoms with Crippen molar-refractivity contribution in [3.05, 3.63) is 47.3 Å². The Hall–Kier alpha value is -2.26. The predicted octanol–water partition coefficient (Wildman–Crippen LogP) is 4.36. The first-order valence-corrected chi connectivity index (χ1v) is 11.8. The molecule has 4 rings (SSSR count). The molecule has 162 valence electrons. The first kappa shape index (κ1) is 21.0. The molecule has 9 heteroatoms. The number of carbonyl (C=O) groups excluding carboxylic acids is 1. The molecule has 2 atom stereocenters. The summed E-state index contributed by atoms with van der Waals surface area (Å²) in [7, 11) is -1.60. The van der Waals surface area contributed by atoms with Crippen molar-refractivity contribution in [3.63, 3.8) is 0 Å². The highest BCUT2D eigenvalue weighted by Gasteiger charge is 2.34. The Morgan fingerprint density at radius 1 is 1.20 bits per heavy atom. The van der Waals surface area contributed by atoms with Gasteiger partial charge >= 0.3 is 0 Å². The number of fused-ring (bicyclic) bond motifs is 1. The second kappa shape index (κ2) is 8.11. The zero-order valence-electron chi connectivity index (χ0n) is 16.8. The lowest BCUT2D eigenvalue weighted by molar-refractivity contribution is 0.101. The molecular weight excluding hydrogens is 410 g/mol. The van der Waals surface area contributed by atoms with Crippen LogP contribution in [-0.4, -0.2) is 20.7 Å². The van der Waals surface area contributed by atoms with Gasteiger partial charge in [0.05, 0.1) is 4.90 Å². The summed E-state index contributed by atoms with van der Waals surface area (Å²) in [5, 5.41) is 2.58. The van der Waals surface area contributed by atoms with Crippen molar-refractivity contribution in [2.24, 2.45) is 13.0 Å². The summed E-state index contributed by atoms with van der Waals surface area (Å²) in [5.41, 5.74) is 1.01.